The Morgan fingerprint density at radius 1 is 1.42 bits per heavy atom. The first-order chi connectivity index (χ1) is 9.29. The van der Waals surface area contributed by atoms with E-state index in [9.17, 15) is 4.79 Å². The van der Waals surface area contributed by atoms with Gasteiger partial charge in [0, 0.05) is 19.3 Å². The summed E-state index contributed by atoms with van der Waals surface area (Å²) >= 11 is 0. The number of rotatable bonds is 2. The number of amides is 1. The number of pyridine rings is 1. The largest absolute Gasteiger partial charge is 0.365 e. The van der Waals surface area contributed by atoms with Gasteiger partial charge in [0.2, 0.25) is 5.91 Å². The van der Waals surface area contributed by atoms with Crippen molar-refractivity contribution in [3.8, 4) is 0 Å². The number of likely N-dealkylation sites (tertiary alicyclic amines) is 1. The van der Waals surface area contributed by atoms with Gasteiger partial charge in [0.1, 0.15) is 0 Å². The van der Waals surface area contributed by atoms with E-state index in [1.807, 2.05) is 11.1 Å². The van der Waals surface area contributed by atoms with Gasteiger partial charge in [-0.1, -0.05) is 0 Å². The molecule has 19 heavy (non-hydrogen) atoms. The number of hydrogen-bond acceptors (Lipinski definition) is 5. The van der Waals surface area contributed by atoms with Crippen molar-refractivity contribution in [1.82, 2.24) is 9.88 Å². The molecule has 102 valence electrons. The fourth-order valence-electron chi connectivity index (χ4n) is 2.92. The number of aromatic nitrogens is 1. The molecule has 6 heteroatoms. The molecule has 0 atom stereocenters. The van der Waals surface area contributed by atoms with Crippen LogP contribution in [0.5, 0.6) is 0 Å². The number of nitrogens with two attached hydrogens (primary N) is 1. The van der Waals surface area contributed by atoms with Gasteiger partial charge < -0.3 is 21.3 Å². The van der Waals surface area contributed by atoms with Crippen LogP contribution in [-0.4, -0.2) is 42.1 Å². The van der Waals surface area contributed by atoms with E-state index in [0.717, 1.165) is 44.1 Å². The van der Waals surface area contributed by atoms with Crippen LogP contribution in [0.15, 0.2) is 12.3 Å². The van der Waals surface area contributed by atoms with E-state index in [4.69, 9.17) is 5.73 Å². The second-order valence-electron chi connectivity index (χ2n) is 5.01. The predicted octanol–water partition coefficient (Wildman–Crippen LogP) is 0.541. The SMILES string of the molecule is NCC(=O)N1CCC(c2ccnc3c2NCN3)CC1. The lowest BCUT2D eigenvalue weighted by atomic mass is 9.89. The van der Waals surface area contributed by atoms with Crippen LogP contribution in [0.2, 0.25) is 0 Å². The summed E-state index contributed by atoms with van der Waals surface area (Å²) in [7, 11) is 0. The van der Waals surface area contributed by atoms with Crippen molar-refractivity contribution in [2.75, 3.05) is 36.9 Å². The highest BCUT2D eigenvalue weighted by atomic mass is 16.2. The second kappa shape index (κ2) is 5.05. The lowest BCUT2D eigenvalue weighted by Crippen LogP contribution is -2.41. The third-order valence-corrected chi connectivity index (χ3v) is 3.97. The number of nitrogens with zero attached hydrogens (tertiary/aromatic N) is 2. The number of hydrogen-bond donors (Lipinski definition) is 3. The number of carbonyl (C=O) groups excluding carboxylic acids is 1. The molecule has 2 aliphatic rings. The second-order valence-corrected chi connectivity index (χ2v) is 5.01. The first-order valence-corrected chi connectivity index (χ1v) is 6.74. The Labute approximate surface area is 112 Å². The highest BCUT2D eigenvalue weighted by Crippen LogP contribution is 2.37. The standard InChI is InChI=1S/C13H19N5O/c14-7-11(19)18-5-2-9(3-6-18)10-1-4-15-13-12(10)16-8-17-13/h1,4,9,16H,2-3,5-8,14H2,(H,15,17). The van der Waals surface area contributed by atoms with Crippen LogP contribution in [0.3, 0.4) is 0 Å². The van der Waals surface area contributed by atoms with Crippen molar-refractivity contribution < 1.29 is 4.79 Å². The normalized spacial score (nSPS) is 18.7. The molecule has 2 aliphatic heterocycles. The third-order valence-electron chi connectivity index (χ3n) is 3.97. The fourth-order valence-corrected chi connectivity index (χ4v) is 2.92. The van der Waals surface area contributed by atoms with E-state index >= 15 is 0 Å². The number of carbonyl (C=O) groups is 1. The van der Waals surface area contributed by atoms with Crippen molar-refractivity contribution >= 4 is 17.4 Å². The molecular formula is C13H19N5O. The topological polar surface area (TPSA) is 83.3 Å². The monoisotopic (exact) mass is 261 g/mol. The van der Waals surface area contributed by atoms with E-state index in [0.29, 0.717) is 5.92 Å². The minimum Gasteiger partial charge on any atom is -0.365 e. The van der Waals surface area contributed by atoms with E-state index in [-0.39, 0.29) is 12.5 Å². The van der Waals surface area contributed by atoms with Gasteiger partial charge in [0.25, 0.3) is 0 Å². The van der Waals surface area contributed by atoms with Gasteiger partial charge in [-0.25, -0.2) is 4.98 Å². The molecule has 1 aromatic heterocycles. The maximum absolute atomic E-state index is 11.6. The summed E-state index contributed by atoms with van der Waals surface area (Å²) in [5.41, 5.74) is 7.85. The summed E-state index contributed by atoms with van der Waals surface area (Å²) in [6.45, 7) is 2.45. The number of piperidine rings is 1. The zero-order valence-corrected chi connectivity index (χ0v) is 10.9. The summed E-state index contributed by atoms with van der Waals surface area (Å²) in [6.07, 6.45) is 3.83. The van der Waals surface area contributed by atoms with Crippen molar-refractivity contribution in [3.05, 3.63) is 17.8 Å². The van der Waals surface area contributed by atoms with Gasteiger partial charge >= 0.3 is 0 Å². The zero-order valence-electron chi connectivity index (χ0n) is 10.9. The molecule has 1 fully saturated rings. The highest BCUT2D eigenvalue weighted by molar-refractivity contribution is 5.78. The number of anilines is 2. The Morgan fingerprint density at radius 3 is 2.95 bits per heavy atom. The third kappa shape index (κ3) is 2.23. The first-order valence-electron chi connectivity index (χ1n) is 6.74. The quantitative estimate of drug-likeness (QED) is 0.724. The molecule has 3 rings (SSSR count). The number of fused-ring (bicyclic) bond motifs is 1. The van der Waals surface area contributed by atoms with E-state index < -0.39 is 0 Å². The van der Waals surface area contributed by atoms with Crippen LogP contribution >= 0.6 is 0 Å². The minimum atomic E-state index is 0.0539. The van der Waals surface area contributed by atoms with Crippen LogP contribution in [0, 0.1) is 0 Å². The molecule has 0 unspecified atom stereocenters. The van der Waals surface area contributed by atoms with Gasteiger partial charge in [-0.15, -0.1) is 0 Å². The molecule has 1 saturated heterocycles. The van der Waals surface area contributed by atoms with E-state index in [1.165, 1.54) is 5.56 Å². The zero-order chi connectivity index (χ0) is 13.2. The Morgan fingerprint density at radius 2 is 2.21 bits per heavy atom. The summed E-state index contributed by atoms with van der Waals surface area (Å²) in [5.74, 6) is 1.49. The Balaban J connectivity index is 1.72. The average Bonchev–Trinajstić information content (AvgIpc) is 2.95. The van der Waals surface area contributed by atoms with Gasteiger partial charge in [-0.3, -0.25) is 4.79 Å². The molecule has 1 amide bonds. The van der Waals surface area contributed by atoms with Crippen molar-refractivity contribution in [3.63, 3.8) is 0 Å². The molecule has 0 aliphatic carbocycles. The summed E-state index contributed by atoms with van der Waals surface area (Å²) in [6, 6.07) is 2.09. The average molecular weight is 261 g/mol. The molecular weight excluding hydrogens is 242 g/mol. The molecule has 0 radical (unpaired) electrons. The van der Waals surface area contributed by atoms with Gasteiger partial charge in [0.15, 0.2) is 5.82 Å². The van der Waals surface area contributed by atoms with Gasteiger partial charge in [0.05, 0.1) is 18.9 Å². The first kappa shape index (κ1) is 12.2. The molecule has 0 saturated carbocycles. The predicted molar refractivity (Wildman–Crippen MR) is 74.0 cm³/mol. The van der Waals surface area contributed by atoms with Crippen molar-refractivity contribution in [2.24, 2.45) is 5.73 Å². The van der Waals surface area contributed by atoms with E-state index in [2.05, 4.69) is 21.7 Å². The van der Waals surface area contributed by atoms with Crippen molar-refractivity contribution in [1.29, 1.82) is 0 Å². The van der Waals surface area contributed by atoms with Gasteiger partial charge in [-0.05, 0) is 30.4 Å². The lowest BCUT2D eigenvalue weighted by molar-refractivity contribution is -0.130. The Bertz CT molecular complexity index is 482. The molecule has 0 bridgehead atoms. The highest BCUT2D eigenvalue weighted by Gasteiger charge is 2.26. The van der Waals surface area contributed by atoms with Crippen LogP contribution in [0.25, 0.3) is 0 Å². The maximum Gasteiger partial charge on any atom is 0.236 e. The number of nitrogens with one attached hydrogen (secondary N) is 2. The van der Waals surface area contributed by atoms with Crippen molar-refractivity contribution in [2.45, 2.75) is 18.8 Å². The van der Waals surface area contributed by atoms with E-state index in [1.54, 1.807) is 0 Å². The maximum atomic E-state index is 11.6. The Hall–Kier alpha value is -1.82. The summed E-state index contributed by atoms with van der Waals surface area (Å²) in [5, 5.41) is 6.55. The van der Waals surface area contributed by atoms with Crippen LogP contribution in [0.4, 0.5) is 11.5 Å². The molecule has 0 aromatic carbocycles. The lowest BCUT2D eigenvalue weighted by Gasteiger charge is -2.32. The molecule has 1 aromatic rings. The molecule has 3 heterocycles. The van der Waals surface area contributed by atoms with Crippen LogP contribution in [-0.2, 0) is 4.79 Å². The molecule has 0 spiro atoms. The summed E-state index contributed by atoms with van der Waals surface area (Å²) in [4.78, 5) is 17.7. The smallest absolute Gasteiger partial charge is 0.236 e. The molecule has 6 nitrogen and oxygen atoms in total. The molecule has 4 N–H and O–H groups in total. The summed E-state index contributed by atoms with van der Waals surface area (Å²) < 4.78 is 0. The fraction of sp³-hybridized carbons (Fsp3) is 0.538. The van der Waals surface area contributed by atoms with Crippen LogP contribution < -0.4 is 16.4 Å². The van der Waals surface area contributed by atoms with Gasteiger partial charge in [-0.2, -0.15) is 0 Å². The Kier molecular flexibility index (Phi) is 3.25. The van der Waals surface area contributed by atoms with Crippen LogP contribution in [0.1, 0.15) is 24.3 Å². The minimum absolute atomic E-state index is 0.0539.